The molecule has 0 heterocycles. The number of ketones is 1. The first kappa shape index (κ1) is 33.9. The molecule has 0 bridgehead atoms. The van der Waals surface area contributed by atoms with Gasteiger partial charge in [-0.1, -0.05) is 141 Å². The Bertz CT molecular complexity index is 2300. The van der Waals surface area contributed by atoms with Gasteiger partial charge < -0.3 is 9.84 Å². The van der Waals surface area contributed by atoms with Gasteiger partial charge in [0.05, 0.1) is 18.6 Å². The number of hydrogen-bond acceptors (Lipinski definition) is 5. The zero-order valence-electron chi connectivity index (χ0n) is 27.2. The summed E-state index contributed by atoms with van der Waals surface area (Å²) in [4.78, 5) is 30.4. The molecule has 7 rings (SSSR count). The number of benzene rings is 6. The van der Waals surface area contributed by atoms with Gasteiger partial charge in [0.15, 0.2) is 11.2 Å². The largest absolute Gasteiger partial charge is 0.465 e. The lowest BCUT2D eigenvalue weighted by Crippen LogP contribution is -2.59. The standard InChI is InChI=1S/C43H33Br2NO4/c1-2-50-41(48)42(26-46)37(29-15-7-17-31(44)23-29)25-43(49,36-22-10-14-28-12-4-6-20-34(28)36)39(38(42)30-16-8-18-32(45)24-30)40(47)35-21-9-13-27-11-3-5-19-33(27)35/h3-24,37-39,49H,2,25H2,1H3/t37-,38-,39+,42+,43-/m0/s1. The van der Waals surface area contributed by atoms with Crippen LogP contribution in [0.2, 0.25) is 0 Å². The Balaban J connectivity index is 1.63. The first-order valence-electron chi connectivity index (χ1n) is 16.5. The molecular formula is C43H33Br2NO4. The summed E-state index contributed by atoms with van der Waals surface area (Å²) >= 11 is 7.21. The third kappa shape index (κ3) is 5.56. The molecule has 5 atom stereocenters. The van der Waals surface area contributed by atoms with Crippen molar-refractivity contribution in [1.29, 1.82) is 5.26 Å². The number of Topliss-reactive ketones (excluding diaryl/α,β-unsaturated/α-hetero) is 1. The van der Waals surface area contributed by atoms with E-state index < -0.39 is 34.7 Å². The minimum Gasteiger partial charge on any atom is -0.465 e. The highest BCUT2D eigenvalue weighted by molar-refractivity contribution is 9.10. The maximum Gasteiger partial charge on any atom is 0.327 e. The van der Waals surface area contributed by atoms with E-state index in [4.69, 9.17) is 4.74 Å². The van der Waals surface area contributed by atoms with Crippen molar-refractivity contribution in [2.75, 3.05) is 6.61 Å². The normalized spacial score (nSPS) is 23.3. The fourth-order valence-corrected chi connectivity index (χ4v) is 9.02. The van der Waals surface area contributed by atoms with Crippen molar-refractivity contribution in [1.82, 2.24) is 0 Å². The van der Waals surface area contributed by atoms with E-state index in [0.717, 1.165) is 26.0 Å². The summed E-state index contributed by atoms with van der Waals surface area (Å²) in [6, 6.07) is 44.0. The number of carbonyl (C=O) groups excluding carboxylic acids is 2. The first-order valence-corrected chi connectivity index (χ1v) is 18.1. The number of aliphatic hydroxyl groups is 1. The fraction of sp³-hybridized carbons (Fsp3) is 0.186. The highest BCUT2D eigenvalue weighted by atomic mass is 79.9. The third-order valence-electron chi connectivity index (χ3n) is 10.3. The Morgan fingerprint density at radius 2 is 1.34 bits per heavy atom. The minimum atomic E-state index is -1.92. The molecule has 1 N–H and O–H groups in total. The molecule has 1 fully saturated rings. The van der Waals surface area contributed by atoms with E-state index in [1.165, 1.54) is 0 Å². The van der Waals surface area contributed by atoms with Gasteiger partial charge in [0.2, 0.25) is 0 Å². The van der Waals surface area contributed by atoms with Gasteiger partial charge in [0, 0.05) is 26.3 Å². The number of nitriles is 1. The van der Waals surface area contributed by atoms with Crippen LogP contribution in [0.5, 0.6) is 0 Å². The molecular weight excluding hydrogens is 754 g/mol. The molecule has 0 spiro atoms. The summed E-state index contributed by atoms with van der Waals surface area (Å²) in [5.74, 6) is -4.40. The number of nitrogens with zero attached hydrogens (tertiary/aromatic N) is 1. The second-order valence-electron chi connectivity index (χ2n) is 12.9. The van der Waals surface area contributed by atoms with Crippen LogP contribution >= 0.6 is 31.9 Å². The van der Waals surface area contributed by atoms with Crippen molar-refractivity contribution in [3.05, 3.63) is 165 Å². The zero-order chi connectivity index (χ0) is 35.0. The molecule has 0 saturated heterocycles. The van der Waals surface area contributed by atoms with Crippen LogP contribution in [0.3, 0.4) is 0 Å². The Morgan fingerprint density at radius 3 is 2.00 bits per heavy atom. The Morgan fingerprint density at radius 1 is 0.780 bits per heavy atom. The number of esters is 1. The molecule has 0 aromatic heterocycles. The lowest BCUT2D eigenvalue weighted by Gasteiger charge is -2.54. The molecule has 0 unspecified atom stereocenters. The van der Waals surface area contributed by atoms with Crippen LogP contribution in [0.15, 0.2) is 142 Å². The van der Waals surface area contributed by atoms with Crippen LogP contribution in [0, 0.1) is 22.7 Å². The molecule has 5 nitrogen and oxygen atoms in total. The van der Waals surface area contributed by atoms with Crippen LogP contribution in [-0.2, 0) is 15.1 Å². The van der Waals surface area contributed by atoms with Crippen LogP contribution < -0.4 is 0 Å². The topological polar surface area (TPSA) is 87.4 Å². The van der Waals surface area contributed by atoms with Gasteiger partial charge in [-0.2, -0.15) is 5.26 Å². The second-order valence-corrected chi connectivity index (χ2v) is 14.7. The molecule has 0 aliphatic heterocycles. The molecule has 1 aliphatic carbocycles. The van der Waals surface area contributed by atoms with Gasteiger partial charge in [-0.15, -0.1) is 0 Å². The lowest BCUT2D eigenvalue weighted by molar-refractivity contribution is -0.164. The summed E-state index contributed by atoms with van der Waals surface area (Å²) in [5.41, 5.74) is -1.58. The van der Waals surface area contributed by atoms with Crippen LogP contribution in [-0.4, -0.2) is 23.5 Å². The SMILES string of the molecule is CCOC(=O)[C@]1(C#N)[C@H](c2cccc(Br)c2)C[C@](O)(c2cccc3ccccc23)[C@@H](C(=O)c2cccc3ccccc23)[C@@H]1c1cccc(Br)c1. The van der Waals surface area contributed by atoms with Crippen LogP contribution in [0.1, 0.15) is 52.2 Å². The molecule has 1 aliphatic rings. The molecule has 0 amide bonds. The van der Waals surface area contributed by atoms with E-state index in [2.05, 4.69) is 37.9 Å². The van der Waals surface area contributed by atoms with E-state index >= 15 is 4.79 Å². The van der Waals surface area contributed by atoms with E-state index in [0.29, 0.717) is 26.7 Å². The number of halogens is 2. The summed E-state index contributed by atoms with van der Waals surface area (Å²) in [6.07, 6.45) is -0.102. The fourth-order valence-electron chi connectivity index (χ4n) is 8.18. The highest BCUT2D eigenvalue weighted by Gasteiger charge is 2.68. The number of carbonyl (C=O) groups is 2. The quantitative estimate of drug-likeness (QED) is 0.129. The second kappa shape index (κ2) is 13.6. The maximum absolute atomic E-state index is 15.6. The summed E-state index contributed by atoms with van der Waals surface area (Å²) in [7, 11) is 0. The minimum absolute atomic E-state index is 0.0359. The summed E-state index contributed by atoms with van der Waals surface area (Å²) in [5, 5.41) is 28.5. The predicted octanol–water partition coefficient (Wildman–Crippen LogP) is 10.2. The number of ether oxygens (including phenoxy) is 1. The zero-order valence-corrected chi connectivity index (χ0v) is 30.4. The van der Waals surface area contributed by atoms with Gasteiger partial charge >= 0.3 is 5.97 Å². The smallest absolute Gasteiger partial charge is 0.327 e. The average Bonchev–Trinajstić information content (AvgIpc) is 3.13. The van der Waals surface area contributed by atoms with Crippen LogP contribution in [0.25, 0.3) is 21.5 Å². The molecule has 248 valence electrons. The van der Waals surface area contributed by atoms with Gasteiger partial charge in [0.25, 0.3) is 0 Å². The highest BCUT2D eigenvalue weighted by Crippen LogP contribution is 2.64. The van der Waals surface area contributed by atoms with Gasteiger partial charge in [-0.05, 0) is 75.8 Å². The lowest BCUT2D eigenvalue weighted by atomic mass is 9.47. The van der Waals surface area contributed by atoms with Crippen molar-refractivity contribution in [2.45, 2.75) is 30.8 Å². The molecule has 6 aromatic rings. The monoisotopic (exact) mass is 785 g/mol. The van der Waals surface area contributed by atoms with Gasteiger partial charge in [-0.3, -0.25) is 9.59 Å². The molecule has 7 heteroatoms. The number of hydrogen-bond donors (Lipinski definition) is 1. The van der Waals surface area contributed by atoms with E-state index in [9.17, 15) is 15.2 Å². The van der Waals surface area contributed by atoms with Crippen molar-refractivity contribution in [3.8, 4) is 6.07 Å². The molecule has 0 radical (unpaired) electrons. The van der Waals surface area contributed by atoms with Crippen molar-refractivity contribution in [2.24, 2.45) is 11.3 Å². The maximum atomic E-state index is 15.6. The van der Waals surface area contributed by atoms with E-state index in [-0.39, 0.29) is 18.8 Å². The first-order chi connectivity index (χ1) is 24.2. The van der Waals surface area contributed by atoms with Crippen LogP contribution in [0.4, 0.5) is 0 Å². The Hall–Kier alpha value is -4.61. The number of rotatable bonds is 7. The van der Waals surface area contributed by atoms with Gasteiger partial charge in [0.1, 0.15) is 5.60 Å². The number of fused-ring (bicyclic) bond motifs is 2. The van der Waals surface area contributed by atoms with E-state index in [1.807, 2.05) is 127 Å². The Kier molecular flexibility index (Phi) is 9.21. The molecule has 6 aromatic carbocycles. The van der Waals surface area contributed by atoms with Crippen molar-refractivity contribution < 1.29 is 19.4 Å². The summed E-state index contributed by atoms with van der Waals surface area (Å²) < 4.78 is 7.28. The summed E-state index contributed by atoms with van der Waals surface area (Å²) in [6.45, 7) is 1.74. The molecule has 1 saturated carbocycles. The molecule has 50 heavy (non-hydrogen) atoms. The predicted molar refractivity (Wildman–Crippen MR) is 203 cm³/mol. The third-order valence-corrected chi connectivity index (χ3v) is 11.2. The van der Waals surface area contributed by atoms with E-state index in [1.54, 1.807) is 13.0 Å². The average molecular weight is 788 g/mol. The van der Waals surface area contributed by atoms with Crippen molar-refractivity contribution >= 4 is 65.2 Å². The Labute approximate surface area is 307 Å². The van der Waals surface area contributed by atoms with Gasteiger partial charge in [-0.25, -0.2) is 0 Å². The van der Waals surface area contributed by atoms with Crippen molar-refractivity contribution in [3.63, 3.8) is 0 Å².